The van der Waals surface area contributed by atoms with Gasteiger partial charge in [-0.05, 0) is 48.7 Å². The highest BCUT2D eigenvalue weighted by Gasteiger charge is 2.13. The predicted octanol–water partition coefficient (Wildman–Crippen LogP) is 4.90. The highest BCUT2D eigenvalue weighted by Crippen LogP contribution is 2.34. The summed E-state index contributed by atoms with van der Waals surface area (Å²) in [5.74, 6) is 0. The largest absolute Gasteiger partial charge is 0.256 e. The Morgan fingerprint density at radius 3 is 2.36 bits per heavy atom. The Morgan fingerprint density at radius 1 is 0.864 bits per heavy atom. The van der Waals surface area contributed by atoms with Gasteiger partial charge < -0.3 is 0 Å². The third kappa shape index (κ3) is 2.38. The number of hydrogen-bond donors (Lipinski definition) is 0. The lowest BCUT2D eigenvalue weighted by Crippen LogP contribution is -1.94. The Morgan fingerprint density at radius 2 is 1.64 bits per heavy atom. The van der Waals surface area contributed by atoms with Gasteiger partial charge in [-0.2, -0.15) is 5.26 Å². The highest BCUT2D eigenvalue weighted by atomic mass is 14.7. The maximum atomic E-state index is 9.42. The zero-order chi connectivity index (χ0) is 15.5. The summed E-state index contributed by atoms with van der Waals surface area (Å²) in [6.07, 6.45) is 1.80. The zero-order valence-corrected chi connectivity index (χ0v) is 12.7. The molecule has 0 atom stereocenters. The van der Waals surface area contributed by atoms with E-state index in [0.29, 0.717) is 5.56 Å². The molecule has 0 aliphatic rings. The molecular formula is C20H16N2. The minimum absolute atomic E-state index is 0.710. The Balaban J connectivity index is 2.26. The van der Waals surface area contributed by atoms with Crippen molar-refractivity contribution in [2.24, 2.45) is 0 Å². The minimum atomic E-state index is 0.710. The van der Waals surface area contributed by atoms with Gasteiger partial charge >= 0.3 is 0 Å². The molecule has 2 nitrogen and oxygen atoms in total. The van der Waals surface area contributed by atoms with Crippen LogP contribution in [0.2, 0.25) is 0 Å². The summed E-state index contributed by atoms with van der Waals surface area (Å²) in [4.78, 5) is 4.44. The lowest BCUT2D eigenvalue weighted by molar-refractivity contribution is 1.30. The van der Waals surface area contributed by atoms with Gasteiger partial charge in [0, 0.05) is 17.3 Å². The smallest absolute Gasteiger partial charge is 0.0998 e. The van der Waals surface area contributed by atoms with Crippen molar-refractivity contribution in [3.05, 3.63) is 77.5 Å². The van der Waals surface area contributed by atoms with E-state index in [2.05, 4.69) is 30.1 Å². The fourth-order valence-corrected chi connectivity index (χ4v) is 2.82. The monoisotopic (exact) mass is 284 g/mol. The van der Waals surface area contributed by atoms with Crippen molar-refractivity contribution in [2.45, 2.75) is 13.8 Å². The highest BCUT2D eigenvalue weighted by molar-refractivity contribution is 5.81. The van der Waals surface area contributed by atoms with Gasteiger partial charge in [0.2, 0.25) is 0 Å². The van der Waals surface area contributed by atoms with Gasteiger partial charge in [-0.1, -0.05) is 36.4 Å². The van der Waals surface area contributed by atoms with E-state index in [1.807, 2.05) is 49.4 Å². The molecule has 3 aromatic rings. The molecule has 0 radical (unpaired) electrons. The van der Waals surface area contributed by atoms with E-state index in [-0.39, 0.29) is 0 Å². The number of aromatic nitrogens is 1. The van der Waals surface area contributed by atoms with Crippen molar-refractivity contribution >= 4 is 0 Å². The molecule has 0 amide bonds. The molecule has 0 aliphatic carbocycles. The Kier molecular flexibility index (Phi) is 3.72. The van der Waals surface area contributed by atoms with Crippen LogP contribution in [0.4, 0.5) is 0 Å². The molecule has 1 aromatic heterocycles. The van der Waals surface area contributed by atoms with Crippen molar-refractivity contribution in [1.29, 1.82) is 5.26 Å². The van der Waals surface area contributed by atoms with Crippen LogP contribution in [0.25, 0.3) is 22.4 Å². The lowest BCUT2D eigenvalue weighted by Gasteiger charge is -2.14. The van der Waals surface area contributed by atoms with E-state index < -0.39 is 0 Å². The van der Waals surface area contributed by atoms with Gasteiger partial charge in [-0.25, -0.2) is 0 Å². The first-order valence-corrected chi connectivity index (χ1v) is 7.23. The average Bonchev–Trinajstić information content (AvgIpc) is 2.56. The van der Waals surface area contributed by atoms with Gasteiger partial charge in [-0.15, -0.1) is 0 Å². The summed E-state index contributed by atoms with van der Waals surface area (Å²) in [7, 11) is 0. The molecule has 106 valence electrons. The van der Waals surface area contributed by atoms with Crippen LogP contribution in [0.5, 0.6) is 0 Å². The molecule has 2 aromatic carbocycles. The molecule has 0 saturated heterocycles. The molecule has 3 rings (SSSR count). The van der Waals surface area contributed by atoms with Crippen molar-refractivity contribution in [3.8, 4) is 28.5 Å². The summed E-state index contributed by atoms with van der Waals surface area (Å²) in [6, 6.07) is 20.2. The van der Waals surface area contributed by atoms with Crippen LogP contribution in [0.1, 0.15) is 16.7 Å². The van der Waals surface area contributed by atoms with E-state index in [9.17, 15) is 5.26 Å². The van der Waals surface area contributed by atoms with Gasteiger partial charge in [0.25, 0.3) is 0 Å². The summed E-state index contributed by atoms with van der Waals surface area (Å²) >= 11 is 0. The molecule has 0 saturated carbocycles. The molecule has 0 aliphatic heterocycles. The number of nitrogens with zero attached hydrogens (tertiary/aromatic N) is 2. The minimum Gasteiger partial charge on any atom is -0.256 e. The summed E-state index contributed by atoms with van der Waals surface area (Å²) in [5.41, 5.74) is 7.13. The maximum Gasteiger partial charge on any atom is 0.0998 e. The van der Waals surface area contributed by atoms with Crippen LogP contribution in [0.15, 0.2) is 60.8 Å². The van der Waals surface area contributed by atoms with Gasteiger partial charge in [0.15, 0.2) is 0 Å². The van der Waals surface area contributed by atoms with Crippen molar-refractivity contribution < 1.29 is 0 Å². The molecule has 2 heteroatoms. The predicted molar refractivity (Wildman–Crippen MR) is 89.3 cm³/mol. The second kappa shape index (κ2) is 5.83. The van der Waals surface area contributed by atoms with E-state index in [1.165, 1.54) is 0 Å². The fourth-order valence-electron chi connectivity index (χ4n) is 2.82. The Hall–Kier alpha value is -2.92. The molecule has 0 N–H and O–H groups in total. The van der Waals surface area contributed by atoms with Crippen molar-refractivity contribution in [1.82, 2.24) is 4.98 Å². The molecule has 0 bridgehead atoms. The van der Waals surface area contributed by atoms with Crippen LogP contribution in [-0.2, 0) is 0 Å². The van der Waals surface area contributed by atoms with E-state index in [0.717, 1.165) is 33.5 Å². The normalized spacial score (nSPS) is 10.2. The zero-order valence-electron chi connectivity index (χ0n) is 12.7. The van der Waals surface area contributed by atoms with Crippen LogP contribution in [0, 0.1) is 25.2 Å². The quantitative estimate of drug-likeness (QED) is 0.670. The SMILES string of the molecule is Cc1cccc(C#N)c1-c1cccc(-c2ccccn2)c1C. The third-order valence-corrected chi connectivity index (χ3v) is 3.94. The summed E-state index contributed by atoms with van der Waals surface area (Å²) in [5, 5.41) is 9.42. The molecule has 0 fully saturated rings. The summed E-state index contributed by atoms with van der Waals surface area (Å²) < 4.78 is 0. The van der Waals surface area contributed by atoms with Crippen LogP contribution < -0.4 is 0 Å². The second-order valence-electron chi connectivity index (χ2n) is 5.30. The topological polar surface area (TPSA) is 36.7 Å². The first-order chi connectivity index (χ1) is 10.7. The van der Waals surface area contributed by atoms with Crippen LogP contribution in [0.3, 0.4) is 0 Å². The summed E-state index contributed by atoms with van der Waals surface area (Å²) in [6.45, 7) is 4.13. The van der Waals surface area contributed by atoms with Crippen LogP contribution in [-0.4, -0.2) is 4.98 Å². The fraction of sp³-hybridized carbons (Fsp3) is 0.100. The molecular weight excluding hydrogens is 268 g/mol. The Bertz CT molecular complexity index is 859. The number of nitriles is 1. The third-order valence-electron chi connectivity index (χ3n) is 3.94. The van der Waals surface area contributed by atoms with E-state index in [4.69, 9.17) is 0 Å². The number of benzene rings is 2. The number of pyridine rings is 1. The van der Waals surface area contributed by atoms with E-state index in [1.54, 1.807) is 6.20 Å². The molecule has 0 spiro atoms. The molecule has 0 unspecified atom stereocenters. The molecule has 22 heavy (non-hydrogen) atoms. The van der Waals surface area contributed by atoms with Crippen molar-refractivity contribution in [2.75, 3.05) is 0 Å². The first kappa shape index (κ1) is 14.0. The standard InChI is InChI=1S/C20H16N2/c1-14-7-5-8-16(13-21)20(14)18-10-6-9-17(15(18)2)19-11-3-4-12-22-19/h3-12H,1-2H3. The van der Waals surface area contributed by atoms with Gasteiger partial charge in [0.05, 0.1) is 17.3 Å². The maximum absolute atomic E-state index is 9.42. The lowest BCUT2D eigenvalue weighted by atomic mass is 9.89. The number of hydrogen-bond acceptors (Lipinski definition) is 2. The Labute approximate surface area is 130 Å². The second-order valence-corrected chi connectivity index (χ2v) is 5.30. The number of rotatable bonds is 2. The first-order valence-electron chi connectivity index (χ1n) is 7.23. The van der Waals surface area contributed by atoms with Crippen LogP contribution >= 0.6 is 0 Å². The van der Waals surface area contributed by atoms with Gasteiger partial charge in [-0.3, -0.25) is 4.98 Å². The van der Waals surface area contributed by atoms with E-state index >= 15 is 0 Å². The molecule has 1 heterocycles. The van der Waals surface area contributed by atoms with Gasteiger partial charge in [0.1, 0.15) is 0 Å². The van der Waals surface area contributed by atoms with Crippen molar-refractivity contribution in [3.63, 3.8) is 0 Å². The average molecular weight is 284 g/mol. The number of aryl methyl sites for hydroxylation is 1.